The molecule has 0 spiro atoms. The lowest BCUT2D eigenvalue weighted by Gasteiger charge is -2.40. The number of ketones is 3. The van der Waals surface area contributed by atoms with Crippen LogP contribution in [0, 0.1) is 5.92 Å². The van der Waals surface area contributed by atoms with Gasteiger partial charge in [0.15, 0.2) is 34.9 Å². The molecule has 528 valence electrons. The maximum absolute atomic E-state index is 11.6. The van der Waals surface area contributed by atoms with Gasteiger partial charge in [-0.25, -0.2) is 0 Å². The fraction of sp³-hybridized carbons (Fsp3) is 0.375. The highest BCUT2D eigenvalue weighted by molar-refractivity contribution is 5.89. The van der Waals surface area contributed by atoms with E-state index in [1.807, 2.05) is 168 Å². The van der Waals surface area contributed by atoms with Crippen molar-refractivity contribution in [2.75, 3.05) is 89.9 Å². The van der Waals surface area contributed by atoms with Crippen LogP contribution in [0.4, 0.5) is 29.1 Å². The third kappa shape index (κ3) is 20.7. The molecule has 4 saturated heterocycles. The molecule has 5 aromatic carbocycles. The number of carbonyl (C=O) groups is 3. The second-order valence-electron chi connectivity index (χ2n) is 27.6. The predicted molar refractivity (Wildman–Crippen MR) is 397 cm³/mol. The number of Topliss-reactive ketones (excluding diaryl/α,β-unsaturated/α-hetero) is 3. The number of β-amino-alcohol motifs (C(OH)–C–C–N with tert-alkyl or cyclic N) is 2. The minimum absolute atomic E-state index is 0.0949. The van der Waals surface area contributed by atoms with Crippen LogP contribution in [0.3, 0.4) is 0 Å². The molecule has 0 bridgehead atoms. The van der Waals surface area contributed by atoms with Crippen molar-refractivity contribution in [1.82, 2.24) is 48.9 Å². The van der Waals surface area contributed by atoms with Gasteiger partial charge in [0.05, 0.1) is 51.9 Å². The third-order valence-electron chi connectivity index (χ3n) is 19.2. The number of anilines is 5. The molecule has 5 aromatic heterocycles. The average molecular weight is 1360 g/mol. The first-order valence-corrected chi connectivity index (χ1v) is 35.3. The summed E-state index contributed by atoms with van der Waals surface area (Å²) in [5, 5.41) is 53.1. The minimum Gasteiger partial charge on any atom is -0.390 e. The Bertz CT molecular complexity index is 4250. The number of carbonyl (C=O) groups excluding carboxylic acids is 3. The number of rotatable bonds is 15. The van der Waals surface area contributed by atoms with Crippen LogP contribution in [0.1, 0.15) is 101 Å². The molecule has 5 aliphatic heterocycles. The zero-order chi connectivity index (χ0) is 70.7. The van der Waals surface area contributed by atoms with Gasteiger partial charge < -0.3 is 39.8 Å². The van der Waals surface area contributed by atoms with E-state index in [0.29, 0.717) is 76.4 Å². The van der Waals surface area contributed by atoms with Crippen molar-refractivity contribution in [3.8, 4) is 0 Å². The van der Waals surface area contributed by atoms with E-state index in [-0.39, 0.29) is 11.7 Å². The zero-order valence-electron chi connectivity index (χ0n) is 59.0. The number of aromatic nitrogens is 10. The van der Waals surface area contributed by atoms with Crippen molar-refractivity contribution in [3.63, 3.8) is 0 Å². The molecule has 5 aliphatic rings. The first kappa shape index (κ1) is 72.0. The van der Waals surface area contributed by atoms with Gasteiger partial charge in [0.2, 0.25) is 0 Å². The Balaban J connectivity index is 0.000000127. The minimum atomic E-state index is -1.28. The monoisotopic (exact) mass is 1360 g/mol. The molecule has 21 nitrogen and oxygen atoms in total. The van der Waals surface area contributed by atoms with Gasteiger partial charge in [-0.1, -0.05) is 170 Å². The van der Waals surface area contributed by atoms with Crippen LogP contribution in [0.25, 0.3) is 0 Å². The number of hydrogen-bond acceptors (Lipinski definition) is 16. The molecule has 21 heteroatoms. The highest BCUT2D eigenvalue weighted by atomic mass is 16.3. The Kier molecular flexibility index (Phi) is 24.4. The summed E-state index contributed by atoms with van der Waals surface area (Å²) in [6.45, 7) is 20.8. The summed E-state index contributed by atoms with van der Waals surface area (Å²) < 4.78 is 9.68. The van der Waals surface area contributed by atoms with Gasteiger partial charge in [-0.3, -0.25) is 37.8 Å². The molecule has 101 heavy (non-hydrogen) atoms. The van der Waals surface area contributed by atoms with Crippen LogP contribution < -0.4 is 24.5 Å². The SMILES string of the molecule is CC1(O)CN(c2ccn(Cc3ccccc3)n2)CCC1=O.CC1(O)CN(c2ccn(Cc3ccccc3)n2)CC[C@H]1O.CC1=C(C)CN(c2ccn(Cc3ccccc3)n2)CC1.CC1CN(c2ccn(Cc3ccccc3)n2)CCC1=O.O=C1CCN(c2ccn(Cc3ccccc3)n2)CC1. The van der Waals surface area contributed by atoms with Crippen molar-refractivity contribution < 1.29 is 29.7 Å². The lowest BCUT2D eigenvalue weighted by molar-refractivity contribution is -0.136. The van der Waals surface area contributed by atoms with E-state index in [0.717, 1.165) is 101 Å². The van der Waals surface area contributed by atoms with Gasteiger partial charge in [-0.15, -0.1) is 0 Å². The Hall–Kier alpha value is -10.2. The highest BCUT2D eigenvalue weighted by Crippen LogP contribution is 2.28. The molecule has 0 aliphatic carbocycles. The van der Waals surface area contributed by atoms with E-state index < -0.39 is 17.3 Å². The number of hydrogen-bond donors (Lipinski definition) is 3. The van der Waals surface area contributed by atoms with Gasteiger partial charge in [-0.2, -0.15) is 25.5 Å². The van der Waals surface area contributed by atoms with E-state index in [1.54, 1.807) is 13.8 Å². The molecule has 10 aromatic rings. The van der Waals surface area contributed by atoms with E-state index in [9.17, 15) is 29.7 Å². The summed E-state index contributed by atoms with van der Waals surface area (Å²) >= 11 is 0. The van der Waals surface area contributed by atoms with Gasteiger partial charge in [0, 0.05) is 145 Å². The van der Waals surface area contributed by atoms with Crippen LogP contribution in [0.15, 0.2) is 224 Å². The highest BCUT2D eigenvalue weighted by Gasteiger charge is 2.38. The molecule has 0 saturated carbocycles. The van der Waals surface area contributed by atoms with Crippen molar-refractivity contribution in [2.24, 2.45) is 5.92 Å². The average Bonchev–Trinajstić information content (AvgIpc) is 1.81. The largest absolute Gasteiger partial charge is 0.390 e. The standard InChI is InChI=1S/C17H21N3.C16H21N3O2.C16H19N3O2.C16H19N3O.C15H17N3O/c1-14-8-10-19(12-15(14)2)17-9-11-20(18-17)13-16-6-4-3-5-7-16;2*1-16(21)12-18(9-7-14(16)20)15-8-10-19(17-15)11-13-5-3-2-4-6-13;1-13-11-18(9-7-15(13)20)16-8-10-19(17-16)12-14-5-3-2-4-6-14;19-14-6-9-17(10-7-14)15-8-11-18(16-15)12-13-4-2-1-3-5-13/h3-7,9,11H,8,10,12-13H2,1-2H3;2-6,8,10,14,20-21H,7,9,11-12H2,1H3;2-6,8,10,21H,7,9,11-12H2,1H3;2-6,8,10,13H,7,9,11-12H2,1H3;1-5,8,11H,6-7,9-10,12H2/t;14-,16?;;;/m.1.../s1. The number of benzene rings is 5. The second kappa shape index (κ2) is 34.2. The number of aliphatic hydroxyl groups is 3. The molecule has 0 amide bonds. The van der Waals surface area contributed by atoms with Crippen molar-refractivity contribution in [3.05, 3.63) is 252 Å². The fourth-order valence-corrected chi connectivity index (χ4v) is 12.9. The van der Waals surface area contributed by atoms with Gasteiger partial charge in [0.25, 0.3) is 0 Å². The summed E-state index contributed by atoms with van der Waals surface area (Å²) in [7, 11) is 0. The number of nitrogens with zero attached hydrogens (tertiary/aromatic N) is 15. The van der Waals surface area contributed by atoms with Crippen LogP contribution in [0.5, 0.6) is 0 Å². The van der Waals surface area contributed by atoms with Crippen molar-refractivity contribution in [1.29, 1.82) is 0 Å². The number of aliphatic hydroxyl groups excluding tert-OH is 1. The topological polar surface area (TPSA) is 217 Å². The Labute approximate surface area is 593 Å². The normalized spacial score (nSPS) is 20.0. The summed E-state index contributed by atoms with van der Waals surface area (Å²) in [5.41, 5.74) is 6.81. The summed E-state index contributed by atoms with van der Waals surface area (Å²) in [6, 6.07) is 61.4. The van der Waals surface area contributed by atoms with E-state index in [4.69, 9.17) is 5.10 Å². The van der Waals surface area contributed by atoms with Gasteiger partial charge in [-0.05, 0) is 68.4 Å². The quantitative estimate of drug-likeness (QED) is 0.0813. The number of piperidine rings is 4. The first-order chi connectivity index (χ1) is 48.8. The summed E-state index contributed by atoms with van der Waals surface area (Å²) in [6.07, 6.45) is 13.3. The predicted octanol–water partition coefficient (Wildman–Crippen LogP) is 10.6. The maximum Gasteiger partial charge on any atom is 0.167 e. The fourth-order valence-electron chi connectivity index (χ4n) is 12.9. The van der Waals surface area contributed by atoms with Crippen LogP contribution in [-0.2, 0) is 47.1 Å². The smallest absolute Gasteiger partial charge is 0.167 e. The van der Waals surface area contributed by atoms with E-state index >= 15 is 0 Å². The third-order valence-corrected chi connectivity index (χ3v) is 19.2. The molecular weight excluding hydrogens is 1270 g/mol. The zero-order valence-corrected chi connectivity index (χ0v) is 59.0. The van der Waals surface area contributed by atoms with Gasteiger partial charge in [0.1, 0.15) is 22.8 Å². The van der Waals surface area contributed by atoms with E-state index in [2.05, 4.69) is 134 Å². The second-order valence-corrected chi connectivity index (χ2v) is 27.6. The lowest BCUT2D eigenvalue weighted by atomic mass is 9.92. The summed E-state index contributed by atoms with van der Waals surface area (Å²) in [4.78, 5) is 45.2. The Morgan fingerprint density at radius 2 is 0.733 bits per heavy atom. The molecule has 3 unspecified atom stereocenters. The maximum atomic E-state index is 11.6. The summed E-state index contributed by atoms with van der Waals surface area (Å²) in [5.74, 6) is 5.43. The van der Waals surface area contributed by atoms with Gasteiger partial charge >= 0.3 is 0 Å². The molecule has 4 fully saturated rings. The van der Waals surface area contributed by atoms with E-state index in [1.165, 1.54) is 39.0 Å². The van der Waals surface area contributed by atoms with Crippen molar-refractivity contribution >= 4 is 46.4 Å². The van der Waals surface area contributed by atoms with Crippen LogP contribution >= 0.6 is 0 Å². The van der Waals surface area contributed by atoms with Crippen LogP contribution in [0.2, 0.25) is 0 Å². The Morgan fingerprint density at radius 1 is 0.396 bits per heavy atom. The Morgan fingerprint density at radius 3 is 1.10 bits per heavy atom. The van der Waals surface area contributed by atoms with Crippen molar-refractivity contribution in [2.45, 2.75) is 123 Å². The molecule has 10 heterocycles. The lowest BCUT2D eigenvalue weighted by Crippen LogP contribution is -2.55. The van der Waals surface area contributed by atoms with Crippen LogP contribution in [-0.4, -0.2) is 164 Å². The first-order valence-electron chi connectivity index (χ1n) is 35.3. The molecule has 3 N–H and O–H groups in total. The molecule has 4 atom stereocenters. The molecular formula is C80H97N15O6. The molecule has 15 rings (SSSR count). The molecule has 0 radical (unpaired) electrons.